The second kappa shape index (κ2) is 7.26. The van der Waals surface area contributed by atoms with Gasteiger partial charge in [0.1, 0.15) is 0 Å². The van der Waals surface area contributed by atoms with E-state index in [2.05, 4.69) is 29.3 Å². The number of nitrogens with one attached hydrogen (secondary N) is 1. The van der Waals surface area contributed by atoms with Gasteiger partial charge in [0, 0.05) is 25.3 Å². The minimum absolute atomic E-state index is 0.0368. The van der Waals surface area contributed by atoms with Crippen LogP contribution in [0.3, 0.4) is 0 Å². The van der Waals surface area contributed by atoms with Crippen molar-refractivity contribution in [2.45, 2.75) is 25.7 Å². The summed E-state index contributed by atoms with van der Waals surface area (Å²) in [7, 11) is 2.02. The Balaban J connectivity index is 1.73. The van der Waals surface area contributed by atoms with Crippen LogP contribution in [0.4, 0.5) is 5.69 Å². The average Bonchev–Trinajstić information content (AvgIpc) is 2.97. The van der Waals surface area contributed by atoms with E-state index >= 15 is 0 Å². The highest BCUT2D eigenvalue weighted by Gasteiger charge is 2.20. The lowest BCUT2D eigenvalue weighted by Gasteiger charge is -2.27. The summed E-state index contributed by atoms with van der Waals surface area (Å²) in [6, 6.07) is 10.3. The maximum atomic E-state index is 11.8. The topological polar surface area (TPSA) is 50.8 Å². The van der Waals surface area contributed by atoms with E-state index in [4.69, 9.17) is 9.47 Å². The third-order valence-corrected chi connectivity index (χ3v) is 3.46. The quantitative estimate of drug-likeness (QED) is 0.854. The number of rotatable bonds is 6. The first-order valence-electron chi connectivity index (χ1n) is 6.94. The van der Waals surface area contributed by atoms with Crippen LogP contribution >= 0.6 is 0 Å². The maximum absolute atomic E-state index is 11.8. The van der Waals surface area contributed by atoms with Gasteiger partial charge in [0.05, 0.1) is 19.6 Å². The Hall–Kier alpha value is -1.59. The molecular weight excluding hydrogens is 256 g/mol. The largest absolute Gasteiger partial charge is 0.370 e. The van der Waals surface area contributed by atoms with Crippen molar-refractivity contribution in [2.24, 2.45) is 0 Å². The molecule has 1 saturated heterocycles. The van der Waals surface area contributed by atoms with Gasteiger partial charge in [-0.2, -0.15) is 0 Å². The number of para-hydroxylation sites is 1. The molecule has 1 N–H and O–H groups in total. The molecule has 0 unspecified atom stereocenters. The van der Waals surface area contributed by atoms with Crippen LogP contribution < -0.4 is 10.2 Å². The molecule has 5 nitrogen and oxygen atoms in total. The van der Waals surface area contributed by atoms with E-state index in [1.807, 2.05) is 25.2 Å². The van der Waals surface area contributed by atoms with Gasteiger partial charge in [0.15, 0.2) is 6.29 Å². The van der Waals surface area contributed by atoms with Crippen LogP contribution in [0.5, 0.6) is 0 Å². The van der Waals surface area contributed by atoms with Crippen molar-refractivity contribution >= 4 is 11.6 Å². The van der Waals surface area contributed by atoms with E-state index in [9.17, 15) is 4.79 Å². The number of carbonyl (C=O) groups excluding carboxylic acids is 1. The molecule has 1 aliphatic rings. The minimum Gasteiger partial charge on any atom is -0.370 e. The number of nitrogens with zero attached hydrogens (tertiary/aromatic N) is 1. The average molecular weight is 278 g/mol. The predicted octanol–water partition coefficient (Wildman–Crippen LogP) is 1.39. The smallest absolute Gasteiger partial charge is 0.225 e. The molecule has 0 saturated carbocycles. The van der Waals surface area contributed by atoms with Gasteiger partial charge in [-0.3, -0.25) is 4.79 Å². The molecule has 2 rings (SSSR count). The number of amides is 1. The highest BCUT2D eigenvalue weighted by molar-refractivity contribution is 5.76. The molecule has 1 aromatic carbocycles. The lowest BCUT2D eigenvalue weighted by molar-refractivity contribution is -0.129. The van der Waals surface area contributed by atoms with Gasteiger partial charge < -0.3 is 19.7 Å². The van der Waals surface area contributed by atoms with Crippen molar-refractivity contribution in [3.05, 3.63) is 30.3 Å². The van der Waals surface area contributed by atoms with Crippen LogP contribution in [-0.2, 0) is 14.3 Å². The molecule has 1 fully saturated rings. The lowest BCUT2D eigenvalue weighted by atomic mass is 10.2. The number of likely N-dealkylation sites (N-methyl/N-ethyl adjacent to an activating group) is 1. The molecule has 0 aliphatic carbocycles. The van der Waals surface area contributed by atoms with Gasteiger partial charge in [0.2, 0.25) is 5.91 Å². The van der Waals surface area contributed by atoms with E-state index in [-0.39, 0.29) is 24.7 Å². The second-order valence-electron chi connectivity index (χ2n) is 4.97. The van der Waals surface area contributed by atoms with Crippen LogP contribution in [0.25, 0.3) is 0 Å². The Kier molecular flexibility index (Phi) is 5.38. The number of benzene rings is 1. The normalized spacial score (nSPS) is 16.9. The number of carbonyl (C=O) groups is 1. The number of hydrogen-bond donors (Lipinski definition) is 1. The molecule has 110 valence electrons. The second-order valence-corrected chi connectivity index (χ2v) is 4.97. The summed E-state index contributed by atoms with van der Waals surface area (Å²) in [6.07, 6.45) is -0.112. The Morgan fingerprint density at radius 2 is 2.00 bits per heavy atom. The van der Waals surface area contributed by atoms with Crippen LogP contribution in [0, 0.1) is 0 Å². The van der Waals surface area contributed by atoms with Gasteiger partial charge in [-0.05, 0) is 19.1 Å². The molecule has 5 heteroatoms. The van der Waals surface area contributed by atoms with E-state index in [0.717, 1.165) is 5.69 Å². The summed E-state index contributed by atoms with van der Waals surface area (Å²) >= 11 is 0. The van der Waals surface area contributed by atoms with E-state index in [1.165, 1.54) is 0 Å². The van der Waals surface area contributed by atoms with Crippen LogP contribution in [-0.4, -0.2) is 45.0 Å². The van der Waals surface area contributed by atoms with E-state index < -0.39 is 0 Å². The maximum Gasteiger partial charge on any atom is 0.225 e. The minimum atomic E-state index is -0.378. The monoisotopic (exact) mass is 278 g/mol. The van der Waals surface area contributed by atoms with Gasteiger partial charge in [-0.1, -0.05) is 18.2 Å². The Bertz CT molecular complexity index is 418. The summed E-state index contributed by atoms with van der Waals surface area (Å²) in [5.74, 6) is -0.0368. The van der Waals surface area contributed by atoms with E-state index in [0.29, 0.717) is 19.8 Å². The summed E-state index contributed by atoms with van der Waals surface area (Å²) in [5.41, 5.74) is 1.14. The summed E-state index contributed by atoms with van der Waals surface area (Å²) < 4.78 is 10.5. The summed E-state index contributed by atoms with van der Waals surface area (Å²) in [4.78, 5) is 13.9. The zero-order valence-electron chi connectivity index (χ0n) is 12.0. The third kappa shape index (κ3) is 4.21. The van der Waals surface area contributed by atoms with Gasteiger partial charge in [-0.15, -0.1) is 0 Å². The van der Waals surface area contributed by atoms with Gasteiger partial charge in [0.25, 0.3) is 0 Å². The first-order valence-corrected chi connectivity index (χ1v) is 6.94. The third-order valence-electron chi connectivity index (χ3n) is 3.46. The zero-order valence-corrected chi connectivity index (χ0v) is 12.0. The SMILES string of the molecule is C[C@@H](CNC(=O)CC1OCCO1)N(C)c1ccccc1. The van der Waals surface area contributed by atoms with Crippen molar-refractivity contribution in [3.63, 3.8) is 0 Å². The molecule has 0 spiro atoms. The van der Waals surface area contributed by atoms with Crippen molar-refractivity contribution in [2.75, 3.05) is 31.7 Å². The fraction of sp³-hybridized carbons (Fsp3) is 0.533. The van der Waals surface area contributed by atoms with Crippen LogP contribution in [0.15, 0.2) is 30.3 Å². The van der Waals surface area contributed by atoms with Gasteiger partial charge >= 0.3 is 0 Å². The molecule has 0 bridgehead atoms. The molecule has 1 aromatic rings. The van der Waals surface area contributed by atoms with Crippen LogP contribution in [0.1, 0.15) is 13.3 Å². The van der Waals surface area contributed by atoms with Crippen molar-refractivity contribution < 1.29 is 14.3 Å². The fourth-order valence-electron chi connectivity index (χ4n) is 2.06. The molecule has 1 aliphatic heterocycles. The molecule has 0 aromatic heterocycles. The van der Waals surface area contributed by atoms with Gasteiger partial charge in [-0.25, -0.2) is 0 Å². The summed E-state index contributed by atoms with van der Waals surface area (Å²) in [6.45, 7) is 3.82. The van der Waals surface area contributed by atoms with Crippen molar-refractivity contribution in [1.82, 2.24) is 5.32 Å². The standard InChI is InChI=1S/C15H22N2O3/c1-12(17(2)13-6-4-3-5-7-13)11-16-14(18)10-15-19-8-9-20-15/h3-7,12,15H,8-11H2,1-2H3,(H,16,18)/t12-/m0/s1. The first-order chi connectivity index (χ1) is 9.66. The number of ether oxygens (including phenoxy) is 2. The Morgan fingerprint density at radius 3 is 2.65 bits per heavy atom. The molecule has 20 heavy (non-hydrogen) atoms. The Labute approximate surface area is 119 Å². The fourth-order valence-corrected chi connectivity index (χ4v) is 2.06. The molecule has 0 radical (unpaired) electrons. The number of anilines is 1. The van der Waals surface area contributed by atoms with E-state index in [1.54, 1.807) is 0 Å². The lowest BCUT2D eigenvalue weighted by Crippen LogP contribution is -2.41. The Morgan fingerprint density at radius 1 is 1.35 bits per heavy atom. The van der Waals surface area contributed by atoms with Crippen molar-refractivity contribution in [1.29, 1.82) is 0 Å². The zero-order chi connectivity index (χ0) is 14.4. The molecular formula is C15H22N2O3. The highest BCUT2D eigenvalue weighted by atomic mass is 16.7. The number of hydrogen-bond acceptors (Lipinski definition) is 4. The first kappa shape index (κ1) is 14.8. The molecule has 1 atom stereocenters. The molecule has 1 heterocycles. The molecule has 1 amide bonds. The van der Waals surface area contributed by atoms with Crippen LogP contribution in [0.2, 0.25) is 0 Å². The predicted molar refractivity (Wildman–Crippen MR) is 77.6 cm³/mol. The highest BCUT2D eigenvalue weighted by Crippen LogP contribution is 2.13. The van der Waals surface area contributed by atoms with Crippen molar-refractivity contribution in [3.8, 4) is 0 Å². The summed E-state index contributed by atoms with van der Waals surface area (Å²) in [5, 5.41) is 2.92.